The van der Waals surface area contributed by atoms with E-state index in [4.69, 9.17) is 10.2 Å². The third-order valence-electron chi connectivity index (χ3n) is 3.87. The number of carboxylic acid groups (broad SMARTS) is 1. The second kappa shape index (κ2) is 7.12. The first kappa shape index (κ1) is 17.9. The van der Waals surface area contributed by atoms with E-state index in [0.29, 0.717) is 5.76 Å². The summed E-state index contributed by atoms with van der Waals surface area (Å²) in [6, 6.07) is 2.46. The Morgan fingerprint density at radius 1 is 1.46 bits per heavy atom. The van der Waals surface area contributed by atoms with Crippen LogP contribution in [-0.4, -0.2) is 57.7 Å². The van der Waals surface area contributed by atoms with Crippen molar-refractivity contribution >= 4 is 35.6 Å². The fourth-order valence-electron chi connectivity index (χ4n) is 2.75. The SMILES string of the molecule is NC(=O)OCC1=C(C(=O)O)N2C(=O)C(NC(=O)Cc3ccco3)[C@@H]2SC1. The minimum atomic E-state index is -1.31. The van der Waals surface area contributed by atoms with Crippen molar-refractivity contribution in [2.75, 3.05) is 12.4 Å². The van der Waals surface area contributed by atoms with Crippen molar-refractivity contribution in [2.24, 2.45) is 5.73 Å². The number of carboxylic acids is 1. The summed E-state index contributed by atoms with van der Waals surface area (Å²) >= 11 is 1.27. The number of carbonyl (C=O) groups is 4. The van der Waals surface area contributed by atoms with Gasteiger partial charge in [-0.15, -0.1) is 11.8 Å². The maximum Gasteiger partial charge on any atom is 0.404 e. The standard InChI is InChI=1S/C15H15N3O7S/c16-15(23)25-5-7-6-26-13-10(12(20)18(13)11(7)14(21)22)17-9(19)4-8-2-1-3-24-8/h1-3,10,13H,4-6H2,(H2,16,23)(H,17,19)(H,21,22)/t10?,13-/m0/s1. The lowest BCUT2D eigenvalue weighted by molar-refractivity contribution is -0.150. The lowest BCUT2D eigenvalue weighted by atomic mass is 10.0. The Labute approximate surface area is 151 Å². The van der Waals surface area contributed by atoms with E-state index in [9.17, 15) is 24.3 Å². The first-order chi connectivity index (χ1) is 12.4. The van der Waals surface area contributed by atoms with Gasteiger partial charge in [-0.05, 0) is 12.1 Å². The molecule has 0 aromatic carbocycles. The van der Waals surface area contributed by atoms with Crippen LogP contribution < -0.4 is 11.1 Å². The molecule has 1 fully saturated rings. The molecule has 2 atom stereocenters. The number of nitrogens with two attached hydrogens (primary N) is 1. The number of carbonyl (C=O) groups excluding carboxylic acids is 3. The summed E-state index contributed by atoms with van der Waals surface area (Å²) in [5.41, 5.74) is 4.92. The largest absolute Gasteiger partial charge is 0.477 e. The van der Waals surface area contributed by atoms with Crippen LogP contribution in [0.25, 0.3) is 0 Å². The number of hydrogen-bond donors (Lipinski definition) is 3. The van der Waals surface area contributed by atoms with Gasteiger partial charge in [0.2, 0.25) is 5.91 Å². The van der Waals surface area contributed by atoms with Crippen LogP contribution in [0.5, 0.6) is 0 Å². The van der Waals surface area contributed by atoms with Crippen molar-refractivity contribution in [1.82, 2.24) is 10.2 Å². The topological polar surface area (TPSA) is 152 Å². The zero-order valence-corrected chi connectivity index (χ0v) is 14.2. The van der Waals surface area contributed by atoms with Crippen molar-refractivity contribution in [3.05, 3.63) is 35.4 Å². The third-order valence-corrected chi connectivity index (χ3v) is 5.21. The van der Waals surface area contributed by atoms with Crippen LogP contribution in [0.15, 0.2) is 34.1 Å². The number of β-lactam (4-membered cyclic amide) rings is 1. The quantitative estimate of drug-likeness (QED) is 0.566. The van der Waals surface area contributed by atoms with E-state index in [0.717, 1.165) is 4.90 Å². The Balaban J connectivity index is 1.69. The number of aliphatic carboxylic acids is 1. The van der Waals surface area contributed by atoms with Gasteiger partial charge in [0, 0.05) is 11.3 Å². The molecule has 11 heteroatoms. The maximum absolute atomic E-state index is 12.4. The molecule has 2 aliphatic heterocycles. The number of primary amides is 1. The maximum atomic E-state index is 12.4. The lowest BCUT2D eigenvalue weighted by Gasteiger charge is -2.49. The molecule has 0 spiro atoms. The zero-order chi connectivity index (χ0) is 18.8. The molecule has 0 bridgehead atoms. The van der Waals surface area contributed by atoms with Gasteiger partial charge in [-0.1, -0.05) is 0 Å². The number of nitrogens with one attached hydrogen (secondary N) is 1. The van der Waals surface area contributed by atoms with Crippen LogP contribution in [0.4, 0.5) is 4.79 Å². The molecule has 26 heavy (non-hydrogen) atoms. The summed E-state index contributed by atoms with van der Waals surface area (Å²) in [7, 11) is 0. The van der Waals surface area contributed by atoms with Crippen LogP contribution in [0, 0.1) is 0 Å². The monoisotopic (exact) mass is 381 g/mol. The zero-order valence-electron chi connectivity index (χ0n) is 13.3. The molecule has 0 saturated carbocycles. The van der Waals surface area contributed by atoms with E-state index in [1.54, 1.807) is 12.1 Å². The number of rotatable bonds is 6. The van der Waals surface area contributed by atoms with Crippen molar-refractivity contribution < 1.29 is 33.4 Å². The molecule has 0 aliphatic carbocycles. The highest BCUT2D eigenvalue weighted by Gasteiger charge is 2.54. The van der Waals surface area contributed by atoms with E-state index in [1.807, 2.05) is 0 Å². The van der Waals surface area contributed by atoms with E-state index in [-0.39, 0.29) is 30.1 Å². The Morgan fingerprint density at radius 2 is 2.23 bits per heavy atom. The molecular weight excluding hydrogens is 366 g/mol. The summed E-state index contributed by atoms with van der Waals surface area (Å²) in [5.74, 6) is -1.56. The molecule has 1 aromatic rings. The molecule has 1 saturated heterocycles. The Kier molecular flexibility index (Phi) is 4.89. The van der Waals surface area contributed by atoms with Crippen molar-refractivity contribution in [2.45, 2.75) is 17.8 Å². The van der Waals surface area contributed by atoms with Gasteiger partial charge in [0.05, 0.1) is 12.7 Å². The molecule has 1 unspecified atom stereocenters. The second-order valence-electron chi connectivity index (χ2n) is 5.58. The Bertz CT molecular complexity index is 789. The van der Waals surface area contributed by atoms with Gasteiger partial charge in [-0.25, -0.2) is 9.59 Å². The molecule has 10 nitrogen and oxygen atoms in total. The summed E-state index contributed by atoms with van der Waals surface area (Å²) in [6.45, 7) is -0.310. The van der Waals surface area contributed by atoms with Crippen molar-refractivity contribution in [3.63, 3.8) is 0 Å². The average Bonchev–Trinajstić information content (AvgIpc) is 3.09. The molecule has 3 rings (SSSR count). The summed E-state index contributed by atoms with van der Waals surface area (Å²) in [4.78, 5) is 47.8. The minimum Gasteiger partial charge on any atom is -0.477 e. The van der Waals surface area contributed by atoms with Gasteiger partial charge in [-0.2, -0.15) is 0 Å². The summed E-state index contributed by atoms with van der Waals surface area (Å²) in [6.07, 6.45) is 0.385. The van der Waals surface area contributed by atoms with Crippen LogP contribution in [0.2, 0.25) is 0 Å². The van der Waals surface area contributed by atoms with Crippen LogP contribution >= 0.6 is 11.8 Å². The van der Waals surface area contributed by atoms with Crippen LogP contribution in [-0.2, 0) is 25.5 Å². The fourth-order valence-corrected chi connectivity index (χ4v) is 4.08. The number of furan rings is 1. The molecule has 3 amide bonds. The molecule has 3 heterocycles. The van der Waals surface area contributed by atoms with Crippen molar-refractivity contribution in [1.29, 1.82) is 0 Å². The first-order valence-corrected chi connectivity index (χ1v) is 8.57. The lowest BCUT2D eigenvalue weighted by Crippen LogP contribution is -2.70. The second-order valence-corrected chi connectivity index (χ2v) is 6.68. The van der Waals surface area contributed by atoms with Gasteiger partial charge in [0.15, 0.2) is 0 Å². The number of thioether (sulfide) groups is 1. The number of nitrogens with zero attached hydrogens (tertiary/aromatic N) is 1. The van der Waals surface area contributed by atoms with Gasteiger partial charge >= 0.3 is 12.1 Å². The van der Waals surface area contributed by atoms with E-state index in [2.05, 4.69) is 10.1 Å². The number of ether oxygens (including phenoxy) is 1. The van der Waals surface area contributed by atoms with E-state index < -0.39 is 35.3 Å². The van der Waals surface area contributed by atoms with Gasteiger partial charge in [0.1, 0.15) is 29.5 Å². The van der Waals surface area contributed by atoms with E-state index in [1.165, 1.54) is 18.0 Å². The highest BCUT2D eigenvalue weighted by Crippen LogP contribution is 2.40. The minimum absolute atomic E-state index is 0.0203. The van der Waals surface area contributed by atoms with Gasteiger partial charge in [-0.3, -0.25) is 14.5 Å². The molecule has 0 radical (unpaired) electrons. The Hall–Kier alpha value is -2.95. The number of fused-ring (bicyclic) bond motifs is 1. The molecule has 1 aromatic heterocycles. The van der Waals surface area contributed by atoms with Crippen LogP contribution in [0.1, 0.15) is 5.76 Å². The Morgan fingerprint density at radius 3 is 2.85 bits per heavy atom. The van der Waals surface area contributed by atoms with Gasteiger partial charge in [0.25, 0.3) is 5.91 Å². The first-order valence-electron chi connectivity index (χ1n) is 7.52. The highest BCUT2D eigenvalue weighted by atomic mass is 32.2. The number of amides is 3. The summed E-state index contributed by atoms with van der Waals surface area (Å²) < 4.78 is 9.72. The normalized spacial score (nSPS) is 21.7. The van der Waals surface area contributed by atoms with E-state index >= 15 is 0 Å². The predicted molar refractivity (Wildman–Crippen MR) is 87.6 cm³/mol. The smallest absolute Gasteiger partial charge is 0.404 e. The van der Waals surface area contributed by atoms with Gasteiger partial charge < -0.3 is 25.3 Å². The number of hydrogen-bond acceptors (Lipinski definition) is 7. The fraction of sp³-hybridized carbons (Fsp3) is 0.333. The molecule has 4 N–H and O–H groups in total. The van der Waals surface area contributed by atoms with Crippen molar-refractivity contribution in [3.8, 4) is 0 Å². The van der Waals surface area contributed by atoms with Crippen LogP contribution in [0.3, 0.4) is 0 Å². The third kappa shape index (κ3) is 3.38. The summed E-state index contributed by atoms with van der Waals surface area (Å²) in [5, 5.41) is 11.5. The molecule has 138 valence electrons. The highest BCUT2D eigenvalue weighted by molar-refractivity contribution is 8.00. The molecule has 2 aliphatic rings. The molecular formula is C15H15N3O7S. The average molecular weight is 381 g/mol. The predicted octanol–water partition coefficient (Wildman–Crippen LogP) is -0.344.